The first kappa shape index (κ1) is 20.3. The van der Waals surface area contributed by atoms with Gasteiger partial charge in [0.2, 0.25) is 0 Å². The molecule has 7 heteroatoms. The monoisotopic (exact) mass is 337 g/mol. The molecule has 0 saturated heterocycles. The molecule has 0 aliphatic carbocycles. The smallest absolute Gasteiger partial charge is 0.261 e. The average molecular weight is 337 g/mol. The van der Waals surface area contributed by atoms with Crippen molar-refractivity contribution in [2.75, 3.05) is 13.2 Å². The molecule has 1 rings (SSSR count). The van der Waals surface area contributed by atoms with Gasteiger partial charge in [-0.15, -0.1) is 5.10 Å². The first-order valence-electron chi connectivity index (χ1n) is 8.07. The van der Waals surface area contributed by atoms with Crippen LogP contribution in [0.25, 0.3) is 0 Å². The zero-order chi connectivity index (χ0) is 18.5. The Hall–Kier alpha value is -2.72. The van der Waals surface area contributed by atoms with Crippen LogP contribution in [0.3, 0.4) is 0 Å². The molecule has 1 aromatic rings. The fourth-order valence-corrected chi connectivity index (χ4v) is 2.03. The highest BCUT2D eigenvalue weighted by Crippen LogP contribution is 2.04. The Morgan fingerprint density at radius 2 is 2.36 bits per heavy atom. The summed E-state index contributed by atoms with van der Waals surface area (Å²) in [5.41, 5.74) is 2.57. The van der Waals surface area contributed by atoms with Gasteiger partial charge in [0.25, 0.3) is 7.28 Å². The van der Waals surface area contributed by atoms with Gasteiger partial charge in [-0.2, -0.15) is 10.2 Å². The van der Waals surface area contributed by atoms with Gasteiger partial charge in [-0.05, 0) is 37.5 Å². The minimum absolute atomic E-state index is 0.118. The Balaban J connectivity index is 2.69. The predicted molar refractivity (Wildman–Crippen MR) is 102 cm³/mol. The minimum Gasteiger partial charge on any atom is -0.377 e. The van der Waals surface area contributed by atoms with Crippen LogP contribution >= 0.6 is 0 Å². The zero-order valence-electron chi connectivity index (χ0n) is 15.1. The SMILES string of the molecule is C=C/C=C(\C=C/C)COCC(BC#N)/C=N/N=c1/ccc(C)nn1C. The Kier molecular flexibility index (Phi) is 9.57. The van der Waals surface area contributed by atoms with Gasteiger partial charge in [0.15, 0.2) is 5.49 Å². The summed E-state index contributed by atoms with van der Waals surface area (Å²) in [6.45, 7) is 8.41. The van der Waals surface area contributed by atoms with Crippen molar-refractivity contribution in [1.82, 2.24) is 9.78 Å². The third-order valence-electron chi connectivity index (χ3n) is 3.22. The van der Waals surface area contributed by atoms with E-state index in [-0.39, 0.29) is 5.82 Å². The summed E-state index contributed by atoms with van der Waals surface area (Å²) in [5, 5.41) is 21.4. The number of rotatable bonds is 9. The molecule has 0 radical (unpaired) electrons. The molecule has 130 valence electrons. The maximum absolute atomic E-state index is 8.96. The van der Waals surface area contributed by atoms with E-state index in [9.17, 15) is 0 Å². The Morgan fingerprint density at radius 3 is 3.00 bits per heavy atom. The van der Waals surface area contributed by atoms with Gasteiger partial charge in [-0.25, -0.2) is 9.94 Å². The van der Waals surface area contributed by atoms with Crippen LogP contribution in [0.15, 0.2) is 58.8 Å². The predicted octanol–water partition coefficient (Wildman–Crippen LogP) is 2.03. The normalized spacial score (nSPS) is 14.0. The van der Waals surface area contributed by atoms with Crippen LogP contribution in [0.4, 0.5) is 0 Å². The van der Waals surface area contributed by atoms with Crippen molar-refractivity contribution >= 4 is 13.5 Å². The van der Waals surface area contributed by atoms with Crippen molar-refractivity contribution in [2.24, 2.45) is 17.3 Å². The Labute approximate surface area is 149 Å². The maximum Gasteiger partial charge on any atom is 0.261 e. The van der Waals surface area contributed by atoms with Crippen molar-refractivity contribution in [3.05, 3.63) is 59.8 Å². The molecule has 1 aromatic heterocycles. The zero-order valence-corrected chi connectivity index (χ0v) is 15.1. The molecule has 0 N–H and O–H groups in total. The van der Waals surface area contributed by atoms with Crippen LogP contribution in [0.2, 0.25) is 5.82 Å². The summed E-state index contributed by atoms with van der Waals surface area (Å²) in [6.07, 6.45) is 9.18. The number of nitriles is 1. The van der Waals surface area contributed by atoms with Crippen molar-refractivity contribution in [1.29, 1.82) is 5.26 Å². The van der Waals surface area contributed by atoms with Crippen molar-refractivity contribution < 1.29 is 4.74 Å². The summed E-state index contributed by atoms with van der Waals surface area (Å²) >= 11 is 0. The number of nitrogens with zero attached hydrogens (tertiary/aromatic N) is 5. The van der Waals surface area contributed by atoms with Crippen LogP contribution in [0, 0.1) is 18.2 Å². The first-order chi connectivity index (χ1) is 12.1. The lowest BCUT2D eigenvalue weighted by atomic mass is 9.67. The molecule has 0 bridgehead atoms. The fourth-order valence-electron chi connectivity index (χ4n) is 2.03. The summed E-state index contributed by atoms with van der Waals surface area (Å²) in [4.78, 5) is 0. The second kappa shape index (κ2) is 11.8. The lowest BCUT2D eigenvalue weighted by Gasteiger charge is -2.08. The van der Waals surface area contributed by atoms with Crippen LogP contribution < -0.4 is 5.49 Å². The topological polar surface area (TPSA) is 75.6 Å². The highest BCUT2D eigenvalue weighted by atomic mass is 16.5. The molecule has 25 heavy (non-hydrogen) atoms. The van der Waals surface area contributed by atoms with E-state index in [0.29, 0.717) is 26.0 Å². The summed E-state index contributed by atoms with van der Waals surface area (Å²) in [7, 11) is 2.13. The van der Waals surface area contributed by atoms with Gasteiger partial charge in [0, 0.05) is 25.7 Å². The molecule has 1 atom stereocenters. The maximum atomic E-state index is 8.96. The van der Waals surface area contributed by atoms with E-state index in [0.717, 1.165) is 11.3 Å². The van der Waals surface area contributed by atoms with Crippen LogP contribution in [0.1, 0.15) is 12.6 Å². The minimum atomic E-state index is -0.118. The van der Waals surface area contributed by atoms with E-state index >= 15 is 0 Å². The molecule has 0 spiro atoms. The van der Waals surface area contributed by atoms with E-state index in [1.807, 2.05) is 51.3 Å². The van der Waals surface area contributed by atoms with E-state index < -0.39 is 0 Å². The van der Waals surface area contributed by atoms with E-state index in [4.69, 9.17) is 10.00 Å². The molecule has 1 unspecified atom stereocenters. The molecule has 0 aliphatic heterocycles. The highest BCUT2D eigenvalue weighted by Gasteiger charge is 2.08. The highest BCUT2D eigenvalue weighted by molar-refractivity contribution is 6.51. The number of aromatic nitrogens is 2. The van der Waals surface area contributed by atoms with Crippen molar-refractivity contribution in [2.45, 2.75) is 19.7 Å². The van der Waals surface area contributed by atoms with Gasteiger partial charge >= 0.3 is 0 Å². The van der Waals surface area contributed by atoms with Crippen LogP contribution in [-0.2, 0) is 11.8 Å². The fraction of sp³-hybridized carbons (Fsp3) is 0.333. The van der Waals surface area contributed by atoms with Gasteiger partial charge in [-0.1, -0.05) is 30.9 Å². The van der Waals surface area contributed by atoms with Gasteiger partial charge in [-0.3, -0.25) is 0 Å². The van der Waals surface area contributed by atoms with Crippen molar-refractivity contribution in [3.63, 3.8) is 0 Å². The molecule has 1 heterocycles. The Bertz CT molecular complexity index is 755. The second-order valence-electron chi connectivity index (χ2n) is 5.44. The molecule has 0 aromatic carbocycles. The van der Waals surface area contributed by atoms with Gasteiger partial charge in [0.1, 0.15) is 0 Å². The lowest BCUT2D eigenvalue weighted by Crippen LogP contribution is -2.20. The summed E-state index contributed by atoms with van der Waals surface area (Å²) < 4.78 is 7.35. The number of hydrogen-bond acceptors (Lipinski definition) is 5. The number of allylic oxidation sites excluding steroid dienone is 3. The summed E-state index contributed by atoms with van der Waals surface area (Å²) in [5.74, 6) is 2.03. The van der Waals surface area contributed by atoms with E-state index in [2.05, 4.69) is 27.8 Å². The van der Waals surface area contributed by atoms with Gasteiger partial charge < -0.3 is 4.74 Å². The largest absolute Gasteiger partial charge is 0.377 e. The first-order valence-corrected chi connectivity index (χ1v) is 8.07. The molecule has 0 amide bonds. The quantitative estimate of drug-likeness (QED) is 0.299. The molecular weight excluding hydrogens is 313 g/mol. The second-order valence-corrected chi connectivity index (χ2v) is 5.44. The van der Waals surface area contributed by atoms with Crippen molar-refractivity contribution in [3.8, 4) is 5.97 Å². The Morgan fingerprint density at radius 1 is 1.56 bits per heavy atom. The molecule has 0 saturated carbocycles. The van der Waals surface area contributed by atoms with E-state index in [1.54, 1.807) is 17.0 Å². The molecule has 0 aliphatic rings. The number of ether oxygens (including phenoxy) is 1. The molecule has 0 fully saturated rings. The number of aryl methyl sites for hydroxylation is 2. The standard InChI is InChI=1S/C18H24BN5O/c1-5-7-16(8-6-2)12-25-13-17(19-14-20)11-21-22-18-10-9-15(3)23-24(18)4/h5-11,17,19H,1,12-13H2,2-4H3/b8-6-,16-7+,21-11+,22-18-. The lowest BCUT2D eigenvalue weighted by molar-refractivity contribution is 0.166. The molecular formula is C18H24BN5O. The number of hydrogen-bond donors (Lipinski definition) is 0. The third-order valence-corrected chi connectivity index (χ3v) is 3.22. The third kappa shape index (κ3) is 8.09. The summed E-state index contributed by atoms with van der Waals surface area (Å²) in [6, 6.07) is 3.72. The van der Waals surface area contributed by atoms with Gasteiger partial charge in [0.05, 0.1) is 12.3 Å². The van der Waals surface area contributed by atoms with Crippen LogP contribution in [0.5, 0.6) is 0 Å². The van der Waals surface area contributed by atoms with Crippen LogP contribution in [-0.4, -0.2) is 36.5 Å². The average Bonchev–Trinajstić information content (AvgIpc) is 2.57. The molecule has 6 nitrogen and oxygen atoms in total. The van der Waals surface area contributed by atoms with E-state index in [1.165, 1.54) is 0 Å².